The Balaban J connectivity index is 2.90. The SMILES string of the molecule is C=CCO/N=C\[CH]F. The van der Waals surface area contributed by atoms with Crippen LogP contribution in [0.15, 0.2) is 17.8 Å². The van der Waals surface area contributed by atoms with Gasteiger partial charge in [-0.2, -0.15) is 0 Å². The van der Waals surface area contributed by atoms with Crippen molar-refractivity contribution in [2.45, 2.75) is 0 Å². The van der Waals surface area contributed by atoms with Crippen LogP contribution in [0, 0.1) is 6.67 Å². The lowest BCUT2D eigenvalue weighted by atomic mass is 10.7. The molecule has 1 radical (unpaired) electrons. The van der Waals surface area contributed by atoms with E-state index >= 15 is 0 Å². The Morgan fingerprint density at radius 2 is 2.50 bits per heavy atom. The summed E-state index contributed by atoms with van der Waals surface area (Å²) in [5.41, 5.74) is 0. The molecule has 0 saturated carbocycles. The van der Waals surface area contributed by atoms with Crippen molar-refractivity contribution in [3.8, 4) is 0 Å². The molecular weight excluding hydrogens is 109 g/mol. The second kappa shape index (κ2) is 6.14. The highest BCUT2D eigenvalue weighted by Gasteiger charge is 1.71. The van der Waals surface area contributed by atoms with Gasteiger partial charge in [0.1, 0.15) is 6.61 Å². The van der Waals surface area contributed by atoms with Crippen molar-refractivity contribution in [3.05, 3.63) is 19.3 Å². The molecule has 0 spiro atoms. The third kappa shape index (κ3) is 5.14. The molecule has 0 unspecified atom stereocenters. The summed E-state index contributed by atoms with van der Waals surface area (Å²) < 4.78 is 11.0. The van der Waals surface area contributed by atoms with Crippen LogP contribution in [0.25, 0.3) is 0 Å². The molecule has 0 saturated heterocycles. The molecule has 0 N–H and O–H groups in total. The van der Waals surface area contributed by atoms with Gasteiger partial charge < -0.3 is 4.84 Å². The topological polar surface area (TPSA) is 21.6 Å². The fourth-order valence-electron chi connectivity index (χ4n) is 0.162. The summed E-state index contributed by atoms with van der Waals surface area (Å²) >= 11 is 0. The quantitative estimate of drug-likeness (QED) is 0.235. The summed E-state index contributed by atoms with van der Waals surface area (Å²) in [6.07, 6.45) is 2.44. The molecule has 0 amide bonds. The van der Waals surface area contributed by atoms with Gasteiger partial charge in [-0.1, -0.05) is 17.8 Å². The van der Waals surface area contributed by atoms with E-state index in [-0.39, 0.29) is 0 Å². The Bertz CT molecular complexity index is 82.5. The van der Waals surface area contributed by atoms with Crippen molar-refractivity contribution in [3.63, 3.8) is 0 Å². The van der Waals surface area contributed by atoms with Crippen molar-refractivity contribution in [1.82, 2.24) is 0 Å². The molecular formula is C5H7FNO. The molecule has 0 aliphatic heterocycles. The van der Waals surface area contributed by atoms with E-state index in [2.05, 4.69) is 16.6 Å². The molecule has 0 aromatic heterocycles. The van der Waals surface area contributed by atoms with Crippen molar-refractivity contribution in [1.29, 1.82) is 0 Å². The van der Waals surface area contributed by atoms with Crippen molar-refractivity contribution in [2.24, 2.45) is 5.16 Å². The molecule has 8 heavy (non-hydrogen) atoms. The first-order valence-electron chi connectivity index (χ1n) is 2.10. The third-order valence-corrected chi connectivity index (χ3v) is 0.384. The number of halogens is 1. The lowest BCUT2D eigenvalue weighted by molar-refractivity contribution is 0.176. The molecule has 0 atom stereocenters. The second-order valence-corrected chi connectivity index (χ2v) is 0.965. The summed E-state index contributed by atoms with van der Waals surface area (Å²) in [5.74, 6) is 0. The largest absolute Gasteiger partial charge is 0.392 e. The second-order valence-electron chi connectivity index (χ2n) is 0.965. The highest BCUT2D eigenvalue weighted by atomic mass is 19.1. The van der Waals surface area contributed by atoms with E-state index in [0.717, 1.165) is 6.21 Å². The number of oxime groups is 1. The molecule has 2 nitrogen and oxygen atoms in total. The van der Waals surface area contributed by atoms with E-state index in [1.807, 2.05) is 0 Å². The first kappa shape index (κ1) is 7.14. The van der Waals surface area contributed by atoms with Crippen LogP contribution in [0.4, 0.5) is 4.39 Å². The number of hydrogen-bond donors (Lipinski definition) is 0. The van der Waals surface area contributed by atoms with Gasteiger partial charge in [0, 0.05) is 0 Å². The molecule has 0 bridgehead atoms. The van der Waals surface area contributed by atoms with E-state index in [1.165, 1.54) is 6.08 Å². The maximum atomic E-state index is 11.0. The number of hydrogen-bond acceptors (Lipinski definition) is 2. The summed E-state index contributed by atoms with van der Waals surface area (Å²) in [6.45, 7) is 3.96. The Labute approximate surface area is 47.6 Å². The van der Waals surface area contributed by atoms with Crippen molar-refractivity contribution in [2.75, 3.05) is 6.61 Å². The van der Waals surface area contributed by atoms with Crippen LogP contribution in [0.1, 0.15) is 0 Å². The standard InChI is InChI=1S/C5H7FNO/c1-2-5-8-7-4-3-6/h2-4H,1,5H2/b7-4-. The molecule has 0 rings (SSSR count). The van der Waals surface area contributed by atoms with Gasteiger partial charge >= 0.3 is 0 Å². The maximum Gasteiger partial charge on any atom is 0.175 e. The smallest absolute Gasteiger partial charge is 0.175 e. The minimum Gasteiger partial charge on any atom is -0.392 e. The van der Waals surface area contributed by atoms with E-state index in [0.29, 0.717) is 13.3 Å². The van der Waals surface area contributed by atoms with Crippen LogP contribution in [-0.2, 0) is 4.84 Å². The fourth-order valence-corrected chi connectivity index (χ4v) is 0.162. The van der Waals surface area contributed by atoms with Crippen LogP contribution in [0.2, 0.25) is 0 Å². The van der Waals surface area contributed by atoms with Crippen LogP contribution < -0.4 is 0 Å². The zero-order valence-corrected chi connectivity index (χ0v) is 4.38. The van der Waals surface area contributed by atoms with E-state index < -0.39 is 0 Å². The Hall–Kier alpha value is -0.860. The molecule has 0 aromatic carbocycles. The lowest BCUT2D eigenvalue weighted by Crippen LogP contribution is -1.80. The lowest BCUT2D eigenvalue weighted by Gasteiger charge is -1.86. The van der Waals surface area contributed by atoms with Crippen molar-refractivity contribution >= 4 is 6.21 Å². The molecule has 3 heteroatoms. The third-order valence-electron chi connectivity index (χ3n) is 0.384. The summed E-state index contributed by atoms with van der Waals surface area (Å²) in [7, 11) is 0. The van der Waals surface area contributed by atoms with Gasteiger partial charge in [-0.25, -0.2) is 4.39 Å². The molecule has 0 aliphatic carbocycles. The fraction of sp³-hybridized carbons (Fsp3) is 0.200. The van der Waals surface area contributed by atoms with Crippen LogP contribution in [0.3, 0.4) is 0 Å². The minimum atomic E-state index is 0.295. The Morgan fingerprint density at radius 1 is 1.75 bits per heavy atom. The van der Waals surface area contributed by atoms with Crippen LogP contribution >= 0.6 is 0 Å². The molecule has 0 aromatic rings. The normalized spacial score (nSPS) is 9.62. The van der Waals surface area contributed by atoms with E-state index in [1.54, 1.807) is 0 Å². The zero-order valence-electron chi connectivity index (χ0n) is 4.38. The highest BCUT2D eigenvalue weighted by molar-refractivity contribution is 5.64. The van der Waals surface area contributed by atoms with Gasteiger partial charge in [0.15, 0.2) is 6.67 Å². The number of nitrogens with zero attached hydrogens (tertiary/aromatic N) is 1. The van der Waals surface area contributed by atoms with Gasteiger partial charge in [-0.15, -0.1) is 0 Å². The van der Waals surface area contributed by atoms with Gasteiger partial charge in [-0.05, 0) is 0 Å². The van der Waals surface area contributed by atoms with Crippen LogP contribution in [-0.4, -0.2) is 12.8 Å². The first-order chi connectivity index (χ1) is 3.91. The maximum absolute atomic E-state index is 11.0. The highest BCUT2D eigenvalue weighted by Crippen LogP contribution is 1.75. The Kier molecular flexibility index (Phi) is 5.48. The molecule has 45 valence electrons. The zero-order chi connectivity index (χ0) is 6.24. The van der Waals surface area contributed by atoms with Crippen LogP contribution in [0.5, 0.6) is 0 Å². The molecule has 0 aliphatic rings. The number of rotatable bonds is 4. The molecule has 0 fully saturated rings. The Morgan fingerprint density at radius 3 is 3.00 bits per heavy atom. The predicted molar refractivity (Wildman–Crippen MR) is 30.0 cm³/mol. The molecule has 0 heterocycles. The average molecular weight is 116 g/mol. The van der Waals surface area contributed by atoms with Crippen molar-refractivity contribution < 1.29 is 9.23 Å². The van der Waals surface area contributed by atoms with Gasteiger partial charge in [0.2, 0.25) is 0 Å². The summed E-state index contributed by atoms with van der Waals surface area (Å²) in [6, 6.07) is 0. The minimum absolute atomic E-state index is 0.295. The summed E-state index contributed by atoms with van der Waals surface area (Å²) in [4.78, 5) is 4.40. The van der Waals surface area contributed by atoms with Gasteiger partial charge in [0.05, 0.1) is 6.21 Å². The average Bonchev–Trinajstić information content (AvgIpc) is 1.81. The predicted octanol–water partition coefficient (Wildman–Crippen LogP) is 1.31. The van der Waals surface area contributed by atoms with E-state index in [4.69, 9.17) is 0 Å². The van der Waals surface area contributed by atoms with E-state index in [9.17, 15) is 4.39 Å². The van der Waals surface area contributed by atoms with Gasteiger partial charge in [-0.3, -0.25) is 0 Å². The van der Waals surface area contributed by atoms with Gasteiger partial charge in [0.25, 0.3) is 0 Å². The summed E-state index contributed by atoms with van der Waals surface area (Å²) in [5, 5.41) is 3.15. The first-order valence-corrected chi connectivity index (χ1v) is 2.10. The monoisotopic (exact) mass is 116 g/mol.